The minimum Gasteiger partial charge on any atom is -0.293 e. The van der Waals surface area contributed by atoms with Crippen molar-refractivity contribution < 1.29 is 13.2 Å². The molecule has 0 aliphatic rings. The Morgan fingerprint density at radius 3 is 2.41 bits per heavy atom. The number of Topliss-reactive ketones (excluding diaryl/α,β-unsaturated/α-hetero) is 1. The SMILES string of the molecule is CS(=O)(=O)CCSCC(=O)c1ccc(Cl)cc1. The Balaban J connectivity index is 2.38. The van der Waals surface area contributed by atoms with Crippen LogP contribution in [0.1, 0.15) is 10.4 Å². The first-order chi connectivity index (χ1) is 7.88. The van der Waals surface area contributed by atoms with Gasteiger partial charge in [-0.15, -0.1) is 0 Å². The summed E-state index contributed by atoms with van der Waals surface area (Å²) < 4.78 is 21.7. The van der Waals surface area contributed by atoms with Gasteiger partial charge in [-0.1, -0.05) is 11.6 Å². The zero-order chi connectivity index (χ0) is 12.9. The predicted octanol–water partition coefficient (Wildman–Crippen LogP) is 2.30. The summed E-state index contributed by atoms with van der Waals surface area (Å²) in [5.41, 5.74) is 0.598. The monoisotopic (exact) mass is 292 g/mol. The first kappa shape index (κ1) is 14.5. The molecule has 0 aliphatic heterocycles. The molecule has 0 saturated heterocycles. The van der Waals surface area contributed by atoms with Gasteiger partial charge in [0, 0.05) is 22.6 Å². The third kappa shape index (κ3) is 6.10. The summed E-state index contributed by atoms with van der Waals surface area (Å²) in [6.45, 7) is 0. The number of benzene rings is 1. The van der Waals surface area contributed by atoms with E-state index in [4.69, 9.17) is 11.6 Å². The van der Waals surface area contributed by atoms with Gasteiger partial charge in [-0.25, -0.2) is 8.42 Å². The fourth-order valence-corrected chi connectivity index (χ4v) is 3.40. The highest BCUT2D eigenvalue weighted by Crippen LogP contribution is 2.12. The van der Waals surface area contributed by atoms with E-state index in [1.54, 1.807) is 24.3 Å². The Kier molecular flexibility index (Phi) is 5.49. The van der Waals surface area contributed by atoms with E-state index in [9.17, 15) is 13.2 Å². The molecule has 1 rings (SSSR count). The Labute approximate surface area is 110 Å². The summed E-state index contributed by atoms with van der Waals surface area (Å²) in [6.07, 6.45) is 1.19. The van der Waals surface area contributed by atoms with Crippen LogP contribution in [0, 0.1) is 0 Å². The molecule has 1 aromatic rings. The summed E-state index contributed by atoms with van der Waals surface area (Å²) in [5, 5.41) is 0.589. The number of sulfone groups is 1. The normalized spacial score (nSPS) is 11.4. The maximum atomic E-state index is 11.7. The van der Waals surface area contributed by atoms with Crippen molar-refractivity contribution in [2.75, 3.05) is 23.5 Å². The quantitative estimate of drug-likeness (QED) is 0.596. The molecule has 0 amide bonds. The molecule has 0 atom stereocenters. The van der Waals surface area contributed by atoms with Gasteiger partial charge < -0.3 is 0 Å². The van der Waals surface area contributed by atoms with Crippen molar-refractivity contribution >= 4 is 39.0 Å². The summed E-state index contributed by atoms with van der Waals surface area (Å²) in [4.78, 5) is 11.7. The number of rotatable bonds is 6. The second-order valence-electron chi connectivity index (χ2n) is 3.61. The van der Waals surface area contributed by atoms with E-state index in [0.29, 0.717) is 16.3 Å². The van der Waals surface area contributed by atoms with E-state index in [0.717, 1.165) is 0 Å². The molecule has 0 radical (unpaired) electrons. The molecule has 94 valence electrons. The van der Waals surface area contributed by atoms with E-state index in [2.05, 4.69) is 0 Å². The average Bonchev–Trinajstić information content (AvgIpc) is 2.24. The number of carbonyl (C=O) groups is 1. The lowest BCUT2D eigenvalue weighted by Gasteiger charge is -2.01. The van der Waals surface area contributed by atoms with Gasteiger partial charge >= 0.3 is 0 Å². The molecule has 1 aromatic carbocycles. The Morgan fingerprint density at radius 2 is 1.88 bits per heavy atom. The van der Waals surface area contributed by atoms with Gasteiger partial charge in [0.05, 0.1) is 11.5 Å². The van der Waals surface area contributed by atoms with E-state index in [-0.39, 0.29) is 17.3 Å². The van der Waals surface area contributed by atoms with Gasteiger partial charge in [-0.2, -0.15) is 11.8 Å². The Hall–Kier alpha value is -0.520. The molecule has 6 heteroatoms. The second kappa shape index (κ2) is 6.42. The molecule has 0 aliphatic carbocycles. The van der Waals surface area contributed by atoms with E-state index in [1.807, 2.05) is 0 Å². The predicted molar refractivity (Wildman–Crippen MR) is 72.8 cm³/mol. The molecule has 17 heavy (non-hydrogen) atoms. The highest BCUT2D eigenvalue weighted by atomic mass is 35.5. The lowest BCUT2D eigenvalue weighted by atomic mass is 10.1. The van der Waals surface area contributed by atoms with Gasteiger partial charge in [-0.3, -0.25) is 4.79 Å². The van der Waals surface area contributed by atoms with Crippen LogP contribution in [0.25, 0.3) is 0 Å². The molecular formula is C11H13ClO3S2. The topological polar surface area (TPSA) is 51.2 Å². The standard InChI is InChI=1S/C11H13ClO3S2/c1-17(14,15)7-6-16-8-11(13)9-2-4-10(12)5-3-9/h2-5H,6-8H2,1H3. The number of halogens is 1. The van der Waals surface area contributed by atoms with Gasteiger partial charge in [0.1, 0.15) is 9.84 Å². The van der Waals surface area contributed by atoms with Crippen molar-refractivity contribution in [1.82, 2.24) is 0 Å². The van der Waals surface area contributed by atoms with Crippen LogP contribution >= 0.6 is 23.4 Å². The number of hydrogen-bond acceptors (Lipinski definition) is 4. The Bertz CT molecular complexity index is 480. The number of carbonyl (C=O) groups excluding carboxylic acids is 1. The lowest BCUT2D eigenvalue weighted by Crippen LogP contribution is -2.08. The lowest BCUT2D eigenvalue weighted by molar-refractivity contribution is 0.102. The van der Waals surface area contributed by atoms with Crippen molar-refractivity contribution in [3.63, 3.8) is 0 Å². The largest absolute Gasteiger partial charge is 0.293 e. The number of hydrogen-bond donors (Lipinski definition) is 0. The fraction of sp³-hybridized carbons (Fsp3) is 0.364. The molecule has 0 bridgehead atoms. The number of ketones is 1. The first-order valence-electron chi connectivity index (χ1n) is 4.93. The Morgan fingerprint density at radius 1 is 1.29 bits per heavy atom. The van der Waals surface area contributed by atoms with Crippen molar-refractivity contribution in [2.24, 2.45) is 0 Å². The molecule has 0 saturated carbocycles. The van der Waals surface area contributed by atoms with Crippen LogP contribution in [-0.4, -0.2) is 37.7 Å². The van der Waals surface area contributed by atoms with Crippen molar-refractivity contribution in [3.05, 3.63) is 34.9 Å². The average molecular weight is 293 g/mol. The van der Waals surface area contributed by atoms with Gasteiger partial charge in [-0.05, 0) is 24.3 Å². The van der Waals surface area contributed by atoms with Gasteiger partial charge in [0.2, 0.25) is 0 Å². The van der Waals surface area contributed by atoms with Crippen molar-refractivity contribution in [3.8, 4) is 0 Å². The van der Waals surface area contributed by atoms with Crippen molar-refractivity contribution in [2.45, 2.75) is 0 Å². The minimum atomic E-state index is -2.94. The van der Waals surface area contributed by atoms with Gasteiger partial charge in [0.25, 0.3) is 0 Å². The van der Waals surface area contributed by atoms with Crippen LogP contribution in [0.4, 0.5) is 0 Å². The third-order valence-electron chi connectivity index (χ3n) is 2.00. The summed E-state index contributed by atoms with van der Waals surface area (Å²) in [6, 6.07) is 6.66. The van der Waals surface area contributed by atoms with Gasteiger partial charge in [0.15, 0.2) is 5.78 Å². The summed E-state index contributed by atoms with van der Waals surface area (Å²) in [5.74, 6) is 0.820. The van der Waals surface area contributed by atoms with E-state index >= 15 is 0 Å². The van der Waals surface area contributed by atoms with E-state index < -0.39 is 9.84 Å². The number of thioether (sulfide) groups is 1. The highest BCUT2D eigenvalue weighted by molar-refractivity contribution is 8.01. The molecule has 0 heterocycles. The van der Waals surface area contributed by atoms with Crippen LogP contribution in [0.5, 0.6) is 0 Å². The molecule has 0 fully saturated rings. The maximum Gasteiger partial charge on any atom is 0.172 e. The minimum absolute atomic E-state index is 0.0137. The highest BCUT2D eigenvalue weighted by Gasteiger charge is 2.07. The van der Waals surface area contributed by atoms with Crippen LogP contribution in [0.2, 0.25) is 5.02 Å². The molecule has 0 aromatic heterocycles. The smallest absolute Gasteiger partial charge is 0.172 e. The van der Waals surface area contributed by atoms with Crippen LogP contribution < -0.4 is 0 Å². The molecular weight excluding hydrogens is 280 g/mol. The molecule has 3 nitrogen and oxygen atoms in total. The second-order valence-corrected chi connectivity index (χ2v) is 7.41. The molecule has 0 N–H and O–H groups in total. The molecule has 0 spiro atoms. The van der Waals surface area contributed by atoms with Crippen LogP contribution in [0.3, 0.4) is 0 Å². The first-order valence-corrected chi connectivity index (χ1v) is 8.52. The van der Waals surface area contributed by atoms with Crippen LogP contribution in [0.15, 0.2) is 24.3 Å². The van der Waals surface area contributed by atoms with Crippen molar-refractivity contribution in [1.29, 1.82) is 0 Å². The summed E-state index contributed by atoms with van der Waals surface area (Å²) >= 11 is 7.04. The summed E-state index contributed by atoms with van der Waals surface area (Å²) in [7, 11) is -2.94. The van der Waals surface area contributed by atoms with E-state index in [1.165, 1.54) is 18.0 Å². The fourth-order valence-electron chi connectivity index (χ4n) is 1.09. The maximum absolute atomic E-state index is 11.7. The zero-order valence-corrected chi connectivity index (χ0v) is 11.7. The van der Waals surface area contributed by atoms with Crippen LogP contribution in [-0.2, 0) is 9.84 Å². The zero-order valence-electron chi connectivity index (χ0n) is 9.35. The third-order valence-corrected chi connectivity index (χ3v) is 4.41. The molecule has 0 unspecified atom stereocenters.